The largest absolute Gasteiger partial charge is 0.451 e. The summed E-state index contributed by atoms with van der Waals surface area (Å²) in [7, 11) is 0. The Kier molecular flexibility index (Phi) is 5.86. The minimum atomic E-state index is -0.409. The Hall–Kier alpha value is -3.97. The van der Waals surface area contributed by atoms with Gasteiger partial charge in [-0.25, -0.2) is 4.98 Å². The predicted octanol–water partition coefficient (Wildman–Crippen LogP) is 6.88. The number of thiocarbonyl (C=S) groups is 1. The van der Waals surface area contributed by atoms with Gasteiger partial charge in [-0.05, 0) is 78.7 Å². The number of rotatable bonds is 5. The van der Waals surface area contributed by atoms with Gasteiger partial charge in [-0.3, -0.25) is 10.1 Å². The molecule has 6 nitrogen and oxygen atoms in total. The number of carbonyl (C=O) groups excluding carboxylic acids is 1. The minimum Gasteiger partial charge on any atom is -0.451 e. The average Bonchev–Trinajstić information content (AvgIpc) is 3.48. The van der Waals surface area contributed by atoms with E-state index in [1.807, 2.05) is 54.6 Å². The summed E-state index contributed by atoms with van der Waals surface area (Å²) in [6.45, 7) is 4.38. The molecule has 0 fully saturated rings. The zero-order chi connectivity index (χ0) is 23.7. The second-order valence-electron chi connectivity index (χ2n) is 8.19. The van der Waals surface area contributed by atoms with Crippen LogP contribution >= 0.6 is 12.2 Å². The summed E-state index contributed by atoms with van der Waals surface area (Å²) in [6, 6.07) is 22.8. The van der Waals surface area contributed by atoms with E-state index in [1.54, 1.807) is 6.07 Å². The molecule has 7 heteroatoms. The number of benzene rings is 3. The lowest BCUT2D eigenvalue weighted by atomic mass is 9.98. The molecule has 1 amide bonds. The number of aromatic nitrogens is 1. The maximum Gasteiger partial charge on any atom is 0.293 e. The summed E-state index contributed by atoms with van der Waals surface area (Å²) in [5, 5.41) is 6.70. The first-order valence-corrected chi connectivity index (χ1v) is 11.5. The molecule has 34 heavy (non-hydrogen) atoms. The number of amides is 1. The number of hydrogen-bond acceptors (Lipinski definition) is 5. The Labute approximate surface area is 202 Å². The highest BCUT2D eigenvalue weighted by atomic mass is 32.1. The van der Waals surface area contributed by atoms with E-state index >= 15 is 0 Å². The van der Waals surface area contributed by atoms with Crippen molar-refractivity contribution >= 4 is 51.0 Å². The van der Waals surface area contributed by atoms with Gasteiger partial charge >= 0.3 is 0 Å². The average molecular weight is 470 g/mol. The zero-order valence-corrected chi connectivity index (χ0v) is 19.6. The number of furan rings is 1. The lowest BCUT2D eigenvalue weighted by molar-refractivity contribution is 0.0953. The van der Waals surface area contributed by atoms with Crippen LogP contribution in [0.2, 0.25) is 0 Å². The minimum absolute atomic E-state index is 0.178. The summed E-state index contributed by atoms with van der Waals surface area (Å²) in [5.74, 6) is 0.830. The molecule has 170 valence electrons. The van der Waals surface area contributed by atoms with Gasteiger partial charge in [0.05, 0.1) is 0 Å². The molecular formula is C27H23N3O3S. The number of fused-ring (bicyclic) bond motifs is 2. The van der Waals surface area contributed by atoms with Crippen LogP contribution in [0.3, 0.4) is 0 Å². The molecule has 5 rings (SSSR count). The van der Waals surface area contributed by atoms with Crippen LogP contribution in [0.15, 0.2) is 81.6 Å². The van der Waals surface area contributed by atoms with Crippen molar-refractivity contribution in [2.24, 2.45) is 0 Å². The molecule has 0 aliphatic carbocycles. The normalized spacial score (nSPS) is 12.1. The molecule has 0 saturated heterocycles. The van der Waals surface area contributed by atoms with Crippen molar-refractivity contribution in [3.8, 4) is 11.5 Å². The smallest absolute Gasteiger partial charge is 0.293 e. The van der Waals surface area contributed by atoms with Gasteiger partial charge in [-0.1, -0.05) is 38.1 Å². The quantitative estimate of drug-likeness (QED) is 0.273. The Morgan fingerprint density at radius 2 is 1.79 bits per heavy atom. The van der Waals surface area contributed by atoms with Crippen LogP contribution in [0.4, 0.5) is 5.69 Å². The lowest BCUT2D eigenvalue weighted by Crippen LogP contribution is -2.33. The van der Waals surface area contributed by atoms with Crippen LogP contribution in [-0.4, -0.2) is 16.0 Å². The number of nitrogens with zero attached hydrogens (tertiary/aromatic N) is 1. The number of hydrogen-bond donors (Lipinski definition) is 2. The third kappa shape index (κ3) is 4.43. The summed E-state index contributed by atoms with van der Waals surface area (Å²) in [4.78, 5) is 17.1. The van der Waals surface area contributed by atoms with Crippen molar-refractivity contribution in [3.63, 3.8) is 0 Å². The molecule has 0 bridgehead atoms. The molecule has 0 aliphatic rings. The van der Waals surface area contributed by atoms with E-state index in [0.29, 0.717) is 17.4 Å². The number of anilines is 1. The first kappa shape index (κ1) is 21.9. The first-order chi connectivity index (χ1) is 16.5. The molecule has 0 aliphatic heterocycles. The molecular weight excluding hydrogens is 446 g/mol. The van der Waals surface area contributed by atoms with Gasteiger partial charge < -0.3 is 14.2 Å². The van der Waals surface area contributed by atoms with Gasteiger partial charge in [0.1, 0.15) is 11.1 Å². The number of carbonyl (C=O) groups is 1. The Bertz CT molecular complexity index is 1470. The third-order valence-corrected chi connectivity index (χ3v) is 6.06. The molecule has 3 aromatic carbocycles. The first-order valence-electron chi connectivity index (χ1n) is 11.1. The van der Waals surface area contributed by atoms with E-state index in [0.717, 1.165) is 34.2 Å². The highest BCUT2D eigenvalue weighted by molar-refractivity contribution is 7.80. The highest BCUT2D eigenvalue weighted by Crippen LogP contribution is 2.28. The topological polar surface area (TPSA) is 80.3 Å². The van der Waals surface area contributed by atoms with Gasteiger partial charge in [0.2, 0.25) is 5.89 Å². The lowest BCUT2D eigenvalue weighted by Gasteiger charge is -2.08. The van der Waals surface area contributed by atoms with Crippen LogP contribution in [0.25, 0.3) is 33.5 Å². The monoisotopic (exact) mass is 469 g/mol. The molecule has 5 aromatic rings. The third-order valence-electron chi connectivity index (χ3n) is 5.86. The van der Waals surface area contributed by atoms with Crippen molar-refractivity contribution in [2.75, 3.05) is 5.32 Å². The van der Waals surface area contributed by atoms with Crippen molar-refractivity contribution in [3.05, 3.63) is 84.1 Å². The van der Waals surface area contributed by atoms with Gasteiger partial charge in [0.15, 0.2) is 16.5 Å². The second-order valence-corrected chi connectivity index (χ2v) is 8.60. The fourth-order valence-corrected chi connectivity index (χ4v) is 3.94. The predicted molar refractivity (Wildman–Crippen MR) is 138 cm³/mol. The van der Waals surface area contributed by atoms with E-state index < -0.39 is 5.91 Å². The fraction of sp³-hybridized carbons (Fsp3) is 0.148. The molecule has 0 saturated carbocycles. The Morgan fingerprint density at radius 3 is 2.56 bits per heavy atom. The standard InChI is InChI=1S/C27H23N3O3S/c1-3-16(2)18-10-13-23-21(14-18)29-26(33-23)17-8-11-20(12-9-17)28-27(34)30-25(31)24-15-19-6-4-5-7-22(19)32-24/h4-16H,3H2,1-2H3,(H2,28,30,31,34)/t16-/m0/s1. The molecule has 2 aromatic heterocycles. The molecule has 2 N–H and O–H groups in total. The molecule has 1 atom stereocenters. The van der Waals surface area contributed by atoms with Gasteiger partial charge in [-0.15, -0.1) is 0 Å². The summed E-state index contributed by atoms with van der Waals surface area (Å²) in [6.07, 6.45) is 1.07. The fourth-order valence-electron chi connectivity index (χ4n) is 3.73. The molecule has 0 spiro atoms. The second kappa shape index (κ2) is 9.11. The van der Waals surface area contributed by atoms with Crippen LogP contribution < -0.4 is 10.6 Å². The summed E-state index contributed by atoms with van der Waals surface area (Å²) >= 11 is 5.29. The van der Waals surface area contributed by atoms with E-state index in [4.69, 9.17) is 21.1 Å². The Morgan fingerprint density at radius 1 is 1.00 bits per heavy atom. The molecule has 0 radical (unpaired) electrons. The van der Waals surface area contributed by atoms with E-state index in [-0.39, 0.29) is 10.9 Å². The van der Waals surface area contributed by atoms with E-state index in [1.165, 1.54) is 5.56 Å². The molecule has 0 unspecified atom stereocenters. The number of oxazole rings is 1. The zero-order valence-electron chi connectivity index (χ0n) is 18.8. The van der Waals surface area contributed by atoms with Crippen LogP contribution in [0, 0.1) is 0 Å². The Balaban J connectivity index is 1.25. The van der Waals surface area contributed by atoms with Crippen LogP contribution in [-0.2, 0) is 0 Å². The van der Waals surface area contributed by atoms with Crippen molar-refractivity contribution in [1.82, 2.24) is 10.3 Å². The van der Waals surface area contributed by atoms with E-state index in [2.05, 4.69) is 41.6 Å². The SMILES string of the molecule is CC[C@H](C)c1ccc2oc(-c3ccc(NC(=S)NC(=O)c4cc5ccccc5o4)cc3)nc2c1. The number of para-hydroxylation sites is 1. The van der Waals surface area contributed by atoms with Gasteiger partial charge in [0.25, 0.3) is 5.91 Å². The maximum atomic E-state index is 12.5. The summed E-state index contributed by atoms with van der Waals surface area (Å²) < 4.78 is 11.5. The van der Waals surface area contributed by atoms with Gasteiger partial charge in [-0.2, -0.15) is 0 Å². The van der Waals surface area contributed by atoms with Gasteiger partial charge in [0, 0.05) is 16.6 Å². The summed E-state index contributed by atoms with van der Waals surface area (Å²) in [5.41, 5.74) is 5.10. The van der Waals surface area contributed by atoms with Crippen molar-refractivity contribution in [2.45, 2.75) is 26.2 Å². The van der Waals surface area contributed by atoms with Crippen LogP contribution in [0.1, 0.15) is 42.3 Å². The number of nitrogens with one attached hydrogen (secondary N) is 2. The highest BCUT2D eigenvalue weighted by Gasteiger charge is 2.14. The van der Waals surface area contributed by atoms with E-state index in [9.17, 15) is 4.79 Å². The van der Waals surface area contributed by atoms with Crippen molar-refractivity contribution in [1.29, 1.82) is 0 Å². The maximum absolute atomic E-state index is 12.5. The van der Waals surface area contributed by atoms with Crippen molar-refractivity contribution < 1.29 is 13.6 Å². The molecule has 2 heterocycles. The van der Waals surface area contributed by atoms with Crippen LogP contribution in [0.5, 0.6) is 0 Å².